The molecular weight excluding hydrogens is 309 g/mol. The highest BCUT2D eigenvalue weighted by Crippen LogP contribution is 2.27. The van der Waals surface area contributed by atoms with Gasteiger partial charge in [-0.15, -0.1) is 0 Å². The van der Waals surface area contributed by atoms with E-state index >= 15 is 0 Å². The van der Waals surface area contributed by atoms with Crippen LogP contribution in [0.1, 0.15) is 18.9 Å². The lowest BCUT2D eigenvalue weighted by Crippen LogP contribution is -2.43. The molecule has 2 rings (SSSR count). The van der Waals surface area contributed by atoms with Crippen molar-refractivity contribution in [1.29, 1.82) is 0 Å². The van der Waals surface area contributed by atoms with Gasteiger partial charge < -0.3 is 10.0 Å². The Kier molecular flexibility index (Phi) is 5.18. The van der Waals surface area contributed by atoms with Crippen LogP contribution in [-0.2, 0) is 20.8 Å². The van der Waals surface area contributed by atoms with Crippen molar-refractivity contribution in [3.05, 3.63) is 35.6 Å². The Balaban J connectivity index is 2.13. The number of rotatable bonds is 5. The number of carboxylic acid groups (broad SMARTS) is 1. The quantitative estimate of drug-likeness (QED) is 0.892. The van der Waals surface area contributed by atoms with Gasteiger partial charge in [0.15, 0.2) is 5.12 Å². The summed E-state index contributed by atoms with van der Waals surface area (Å²) < 4.78 is 13.2. The fourth-order valence-corrected chi connectivity index (χ4v) is 3.46. The Hall–Kier alpha value is -1.89. The third-order valence-electron chi connectivity index (χ3n) is 3.43. The molecule has 1 aliphatic heterocycles. The summed E-state index contributed by atoms with van der Waals surface area (Å²) in [6, 6.07) is 4.62. The van der Waals surface area contributed by atoms with E-state index in [0.717, 1.165) is 11.8 Å². The van der Waals surface area contributed by atoms with Gasteiger partial charge in [-0.25, -0.2) is 9.18 Å². The third-order valence-corrected chi connectivity index (χ3v) is 4.42. The lowest BCUT2D eigenvalue weighted by atomic mass is 10.0. The highest BCUT2D eigenvalue weighted by molar-refractivity contribution is 8.14. The van der Waals surface area contributed by atoms with Gasteiger partial charge in [-0.3, -0.25) is 9.59 Å². The summed E-state index contributed by atoms with van der Waals surface area (Å²) in [5, 5.41) is 9.07. The van der Waals surface area contributed by atoms with E-state index in [0.29, 0.717) is 5.56 Å². The lowest BCUT2D eigenvalue weighted by Gasteiger charge is -2.24. The first kappa shape index (κ1) is 16.5. The van der Waals surface area contributed by atoms with Crippen molar-refractivity contribution >= 4 is 28.8 Å². The van der Waals surface area contributed by atoms with E-state index < -0.39 is 17.8 Å². The maximum absolute atomic E-state index is 13.2. The normalized spacial score (nSPS) is 19.3. The van der Waals surface area contributed by atoms with E-state index in [1.807, 2.05) is 0 Å². The van der Waals surface area contributed by atoms with E-state index in [4.69, 9.17) is 0 Å². The van der Waals surface area contributed by atoms with Crippen molar-refractivity contribution < 1.29 is 23.9 Å². The van der Waals surface area contributed by atoms with Crippen LogP contribution in [0, 0.1) is 5.82 Å². The number of aliphatic carboxylic acids is 1. The van der Waals surface area contributed by atoms with Crippen LogP contribution in [0.2, 0.25) is 0 Å². The van der Waals surface area contributed by atoms with Crippen molar-refractivity contribution in [3.8, 4) is 0 Å². The van der Waals surface area contributed by atoms with Crippen LogP contribution in [0.25, 0.3) is 0 Å². The first-order chi connectivity index (χ1) is 10.4. The van der Waals surface area contributed by atoms with Gasteiger partial charge in [0.2, 0.25) is 5.91 Å². The minimum atomic E-state index is -1.13. The number of carbonyl (C=O) groups excluding carboxylic acids is 2. The molecular formula is C15H16FNO4S. The second-order valence-electron chi connectivity index (χ2n) is 5.17. The fraction of sp³-hybridized carbons (Fsp3) is 0.400. The lowest BCUT2D eigenvalue weighted by molar-refractivity contribution is -0.148. The summed E-state index contributed by atoms with van der Waals surface area (Å²) in [7, 11) is 0. The monoisotopic (exact) mass is 325 g/mol. The van der Waals surface area contributed by atoms with Crippen LogP contribution in [-0.4, -0.2) is 44.8 Å². The summed E-state index contributed by atoms with van der Waals surface area (Å²) in [5.74, 6) is -1.87. The molecule has 5 nitrogen and oxygen atoms in total. The van der Waals surface area contributed by atoms with E-state index in [1.54, 1.807) is 6.07 Å². The molecule has 22 heavy (non-hydrogen) atoms. The van der Waals surface area contributed by atoms with Crippen LogP contribution in [0.5, 0.6) is 0 Å². The first-order valence-corrected chi connectivity index (χ1v) is 7.68. The molecule has 1 N–H and O–H groups in total. The number of hydrogen-bond acceptors (Lipinski definition) is 4. The average molecular weight is 325 g/mol. The standard InChI is InChI=1S/C15H16FNO4S/c1-9(18)22-12-7-14(19)17(8-12)13(15(20)21)6-10-3-2-4-11(16)5-10/h2-5,12-13H,6-8H2,1H3,(H,20,21)/t12?,13-/m0/s1. The van der Waals surface area contributed by atoms with Gasteiger partial charge in [-0.05, 0) is 17.7 Å². The second kappa shape index (κ2) is 6.91. The molecule has 1 aromatic rings. The Morgan fingerprint density at radius 1 is 1.50 bits per heavy atom. The summed E-state index contributed by atoms with van der Waals surface area (Å²) in [4.78, 5) is 35.9. The molecule has 0 aliphatic carbocycles. The van der Waals surface area contributed by atoms with Crippen LogP contribution in [0.3, 0.4) is 0 Å². The molecule has 7 heteroatoms. The zero-order valence-corrected chi connectivity index (χ0v) is 12.8. The fourth-order valence-electron chi connectivity index (χ4n) is 2.53. The molecule has 0 aromatic heterocycles. The van der Waals surface area contributed by atoms with E-state index in [-0.39, 0.29) is 35.7 Å². The molecule has 1 aromatic carbocycles. The number of hydrogen-bond donors (Lipinski definition) is 1. The third kappa shape index (κ3) is 4.07. The van der Waals surface area contributed by atoms with Crippen LogP contribution in [0.4, 0.5) is 4.39 Å². The number of benzene rings is 1. The zero-order chi connectivity index (χ0) is 16.3. The topological polar surface area (TPSA) is 74.7 Å². The Bertz CT molecular complexity index is 607. The van der Waals surface area contributed by atoms with Gasteiger partial charge in [-0.2, -0.15) is 0 Å². The van der Waals surface area contributed by atoms with Crippen LogP contribution >= 0.6 is 11.8 Å². The largest absolute Gasteiger partial charge is 0.480 e. The van der Waals surface area contributed by atoms with E-state index in [9.17, 15) is 23.9 Å². The Morgan fingerprint density at radius 2 is 2.23 bits per heavy atom. The zero-order valence-electron chi connectivity index (χ0n) is 12.0. The van der Waals surface area contributed by atoms with Gasteiger partial charge in [0.05, 0.1) is 0 Å². The van der Waals surface area contributed by atoms with Gasteiger partial charge in [0, 0.05) is 31.6 Å². The van der Waals surface area contributed by atoms with E-state index in [2.05, 4.69) is 0 Å². The van der Waals surface area contributed by atoms with Crippen molar-refractivity contribution in [1.82, 2.24) is 4.90 Å². The van der Waals surface area contributed by atoms with Crippen molar-refractivity contribution in [2.24, 2.45) is 0 Å². The molecule has 0 saturated carbocycles. The van der Waals surface area contributed by atoms with Crippen molar-refractivity contribution in [3.63, 3.8) is 0 Å². The Morgan fingerprint density at radius 3 is 2.82 bits per heavy atom. The molecule has 0 spiro atoms. The number of carboxylic acids is 1. The maximum Gasteiger partial charge on any atom is 0.326 e. The van der Waals surface area contributed by atoms with Gasteiger partial charge in [0.1, 0.15) is 11.9 Å². The molecule has 0 radical (unpaired) electrons. The molecule has 1 aliphatic rings. The molecule has 1 fully saturated rings. The SMILES string of the molecule is CC(=O)SC1CC(=O)N([C@@H](Cc2cccc(F)c2)C(=O)O)C1. The summed E-state index contributed by atoms with van der Waals surface area (Å²) in [5.41, 5.74) is 0.517. The van der Waals surface area contributed by atoms with Crippen molar-refractivity contribution in [2.75, 3.05) is 6.54 Å². The molecule has 1 unspecified atom stereocenters. The molecule has 1 amide bonds. The minimum Gasteiger partial charge on any atom is -0.480 e. The number of thioether (sulfide) groups is 1. The van der Waals surface area contributed by atoms with Gasteiger partial charge in [-0.1, -0.05) is 23.9 Å². The molecule has 2 atom stereocenters. The van der Waals surface area contributed by atoms with Crippen LogP contribution in [0.15, 0.2) is 24.3 Å². The van der Waals surface area contributed by atoms with E-state index in [1.165, 1.54) is 30.0 Å². The number of halogens is 1. The van der Waals surface area contributed by atoms with Gasteiger partial charge >= 0.3 is 5.97 Å². The average Bonchev–Trinajstić information content (AvgIpc) is 2.75. The summed E-state index contributed by atoms with van der Waals surface area (Å²) in [6.45, 7) is 1.63. The second-order valence-corrected chi connectivity index (χ2v) is 6.65. The number of nitrogens with zero attached hydrogens (tertiary/aromatic N) is 1. The highest BCUT2D eigenvalue weighted by atomic mass is 32.2. The molecule has 1 saturated heterocycles. The molecule has 0 bridgehead atoms. The minimum absolute atomic E-state index is 0.0380. The van der Waals surface area contributed by atoms with Gasteiger partial charge in [0.25, 0.3) is 0 Å². The number of amides is 1. The smallest absolute Gasteiger partial charge is 0.326 e. The first-order valence-electron chi connectivity index (χ1n) is 6.80. The summed E-state index contributed by atoms with van der Waals surface area (Å²) in [6.07, 6.45) is 0.188. The molecule has 1 heterocycles. The summed E-state index contributed by atoms with van der Waals surface area (Å²) >= 11 is 1.05. The molecule has 118 valence electrons. The van der Waals surface area contributed by atoms with Crippen LogP contribution < -0.4 is 0 Å². The Labute approximate surface area is 131 Å². The maximum atomic E-state index is 13.2. The predicted octanol–water partition coefficient (Wildman–Crippen LogP) is 1.70. The number of likely N-dealkylation sites (tertiary alicyclic amines) is 1. The van der Waals surface area contributed by atoms with Crippen molar-refractivity contribution in [2.45, 2.75) is 31.1 Å². The predicted molar refractivity (Wildman–Crippen MR) is 79.9 cm³/mol. The number of carbonyl (C=O) groups is 3. The highest BCUT2D eigenvalue weighted by Gasteiger charge is 2.38.